The zero-order valence-corrected chi connectivity index (χ0v) is 7.22. The van der Waals surface area contributed by atoms with Crippen LogP contribution in [0.4, 0.5) is 0 Å². The molecule has 11 heavy (non-hydrogen) atoms. The molecule has 1 heterocycles. The first-order valence-corrected chi connectivity index (χ1v) is 4.16. The number of hydrogen-bond acceptors (Lipinski definition) is 1. The second-order valence-electron chi connectivity index (χ2n) is 2.79. The maximum absolute atomic E-state index is 3.23. The molecule has 2 nitrogen and oxygen atoms in total. The van der Waals surface area contributed by atoms with Crippen molar-refractivity contribution in [3.05, 3.63) is 24.0 Å². The predicted octanol–water partition coefficient (Wildman–Crippen LogP) is 1.73. The summed E-state index contributed by atoms with van der Waals surface area (Å²) in [6.45, 7) is 3.26. The second-order valence-corrected chi connectivity index (χ2v) is 2.79. The lowest BCUT2D eigenvalue weighted by Crippen LogP contribution is -2.16. The van der Waals surface area contributed by atoms with E-state index in [2.05, 4.69) is 23.3 Å². The fourth-order valence-corrected chi connectivity index (χ4v) is 1.32. The predicted molar refractivity (Wildman–Crippen MR) is 47.8 cm³/mol. The van der Waals surface area contributed by atoms with E-state index >= 15 is 0 Å². The Morgan fingerprint density at radius 3 is 2.91 bits per heavy atom. The molecule has 0 aromatic carbocycles. The van der Waals surface area contributed by atoms with Crippen molar-refractivity contribution in [2.45, 2.75) is 19.3 Å². The van der Waals surface area contributed by atoms with Gasteiger partial charge in [0.15, 0.2) is 0 Å². The van der Waals surface area contributed by atoms with Gasteiger partial charge in [0.05, 0.1) is 0 Å². The van der Waals surface area contributed by atoms with E-state index in [0.29, 0.717) is 5.92 Å². The molecule has 0 aliphatic heterocycles. The number of H-pyrrole nitrogens is 1. The molecule has 0 saturated carbocycles. The normalized spacial score (nSPS) is 13.3. The van der Waals surface area contributed by atoms with Crippen LogP contribution in [0.15, 0.2) is 18.3 Å². The van der Waals surface area contributed by atoms with Crippen LogP contribution in [-0.2, 0) is 0 Å². The van der Waals surface area contributed by atoms with Crippen LogP contribution < -0.4 is 5.32 Å². The molecule has 2 heteroatoms. The summed E-state index contributed by atoms with van der Waals surface area (Å²) in [6.07, 6.45) is 3.16. The van der Waals surface area contributed by atoms with Crippen molar-refractivity contribution in [2.24, 2.45) is 0 Å². The average Bonchev–Trinajstić information content (AvgIpc) is 2.52. The van der Waals surface area contributed by atoms with Crippen molar-refractivity contribution < 1.29 is 0 Å². The first kappa shape index (κ1) is 8.34. The van der Waals surface area contributed by atoms with E-state index < -0.39 is 0 Å². The van der Waals surface area contributed by atoms with Crippen molar-refractivity contribution in [2.75, 3.05) is 13.6 Å². The van der Waals surface area contributed by atoms with Gasteiger partial charge in [-0.3, -0.25) is 0 Å². The molecule has 0 fully saturated rings. The van der Waals surface area contributed by atoms with E-state index in [1.807, 2.05) is 19.3 Å². The van der Waals surface area contributed by atoms with Gasteiger partial charge in [-0.1, -0.05) is 6.92 Å². The van der Waals surface area contributed by atoms with E-state index in [1.54, 1.807) is 0 Å². The quantitative estimate of drug-likeness (QED) is 0.675. The van der Waals surface area contributed by atoms with Crippen LogP contribution in [0.25, 0.3) is 0 Å². The zero-order chi connectivity index (χ0) is 8.10. The van der Waals surface area contributed by atoms with Crippen LogP contribution in [0.1, 0.15) is 25.0 Å². The van der Waals surface area contributed by atoms with Gasteiger partial charge in [-0.25, -0.2) is 0 Å². The first-order valence-electron chi connectivity index (χ1n) is 4.16. The van der Waals surface area contributed by atoms with Crippen LogP contribution in [0.3, 0.4) is 0 Å². The van der Waals surface area contributed by atoms with E-state index in [0.717, 1.165) is 6.54 Å². The minimum absolute atomic E-state index is 0.634. The summed E-state index contributed by atoms with van der Waals surface area (Å²) in [7, 11) is 1.99. The highest BCUT2D eigenvalue weighted by Crippen LogP contribution is 2.15. The smallest absolute Gasteiger partial charge is 0.0191 e. The first-order chi connectivity index (χ1) is 5.38. The van der Waals surface area contributed by atoms with E-state index in [1.165, 1.54) is 12.1 Å². The van der Waals surface area contributed by atoms with Gasteiger partial charge in [0, 0.05) is 24.4 Å². The molecule has 0 saturated heterocycles. The molecule has 1 aromatic heterocycles. The Hall–Kier alpha value is -0.760. The SMILES string of the molecule is CCC(CNC)c1ccc[nH]1. The Morgan fingerprint density at radius 2 is 2.45 bits per heavy atom. The topological polar surface area (TPSA) is 27.8 Å². The van der Waals surface area contributed by atoms with E-state index in [4.69, 9.17) is 0 Å². The molecule has 0 radical (unpaired) electrons. The van der Waals surface area contributed by atoms with Gasteiger partial charge in [0.1, 0.15) is 0 Å². The third kappa shape index (κ3) is 2.09. The average molecular weight is 152 g/mol. The van der Waals surface area contributed by atoms with Crippen molar-refractivity contribution in [1.29, 1.82) is 0 Å². The van der Waals surface area contributed by atoms with Gasteiger partial charge >= 0.3 is 0 Å². The third-order valence-corrected chi connectivity index (χ3v) is 2.01. The highest BCUT2D eigenvalue weighted by molar-refractivity contribution is 5.10. The molecule has 1 rings (SSSR count). The van der Waals surface area contributed by atoms with E-state index in [-0.39, 0.29) is 0 Å². The molecule has 1 unspecified atom stereocenters. The molecular weight excluding hydrogens is 136 g/mol. The maximum Gasteiger partial charge on any atom is 0.0191 e. The standard InChI is InChI=1S/C9H16N2/c1-3-8(7-10-2)9-5-4-6-11-9/h4-6,8,10-11H,3,7H2,1-2H3. The number of aromatic amines is 1. The van der Waals surface area contributed by atoms with Gasteiger partial charge < -0.3 is 10.3 Å². The number of rotatable bonds is 4. The van der Waals surface area contributed by atoms with Gasteiger partial charge in [0.25, 0.3) is 0 Å². The summed E-state index contributed by atoms with van der Waals surface area (Å²) < 4.78 is 0. The third-order valence-electron chi connectivity index (χ3n) is 2.01. The van der Waals surface area contributed by atoms with Crippen molar-refractivity contribution in [3.63, 3.8) is 0 Å². The number of hydrogen-bond donors (Lipinski definition) is 2. The highest BCUT2D eigenvalue weighted by Gasteiger charge is 2.07. The highest BCUT2D eigenvalue weighted by atomic mass is 14.8. The minimum atomic E-state index is 0.634. The lowest BCUT2D eigenvalue weighted by atomic mass is 10.0. The molecule has 1 atom stereocenters. The zero-order valence-electron chi connectivity index (χ0n) is 7.22. The number of nitrogens with one attached hydrogen (secondary N) is 2. The van der Waals surface area contributed by atoms with Crippen molar-refractivity contribution >= 4 is 0 Å². The van der Waals surface area contributed by atoms with Crippen LogP contribution in [0.2, 0.25) is 0 Å². The van der Waals surface area contributed by atoms with Gasteiger partial charge in [-0.15, -0.1) is 0 Å². The van der Waals surface area contributed by atoms with Gasteiger partial charge in [0.2, 0.25) is 0 Å². The maximum atomic E-state index is 3.23. The fourth-order valence-electron chi connectivity index (χ4n) is 1.32. The molecule has 0 amide bonds. The molecule has 1 aromatic rings. The summed E-state index contributed by atoms with van der Waals surface area (Å²) in [5.74, 6) is 0.634. The van der Waals surface area contributed by atoms with E-state index in [9.17, 15) is 0 Å². The van der Waals surface area contributed by atoms with Crippen LogP contribution >= 0.6 is 0 Å². The van der Waals surface area contributed by atoms with Crippen LogP contribution in [-0.4, -0.2) is 18.6 Å². The minimum Gasteiger partial charge on any atom is -0.365 e. The summed E-state index contributed by atoms with van der Waals surface area (Å²) in [6, 6.07) is 4.19. The Balaban J connectivity index is 2.56. The summed E-state index contributed by atoms with van der Waals surface area (Å²) >= 11 is 0. The lowest BCUT2D eigenvalue weighted by Gasteiger charge is -2.11. The fraction of sp³-hybridized carbons (Fsp3) is 0.556. The number of likely N-dealkylation sites (N-methyl/N-ethyl adjacent to an activating group) is 1. The summed E-state index contributed by atoms with van der Waals surface area (Å²) in [5, 5.41) is 3.19. The largest absolute Gasteiger partial charge is 0.365 e. The van der Waals surface area contributed by atoms with Crippen molar-refractivity contribution in [3.8, 4) is 0 Å². The summed E-state index contributed by atoms with van der Waals surface area (Å²) in [4.78, 5) is 3.23. The molecule has 0 aliphatic carbocycles. The molecule has 0 bridgehead atoms. The summed E-state index contributed by atoms with van der Waals surface area (Å²) in [5.41, 5.74) is 1.34. The Kier molecular flexibility index (Phi) is 3.17. The second kappa shape index (κ2) is 4.19. The molecule has 0 aliphatic rings. The Morgan fingerprint density at radius 1 is 1.64 bits per heavy atom. The lowest BCUT2D eigenvalue weighted by molar-refractivity contribution is 0.600. The van der Waals surface area contributed by atoms with Crippen LogP contribution in [0, 0.1) is 0 Å². The molecule has 0 spiro atoms. The van der Waals surface area contributed by atoms with Crippen LogP contribution in [0.5, 0.6) is 0 Å². The monoisotopic (exact) mass is 152 g/mol. The van der Waals surface area contributed by atoms with Gasteiger partial charge in [-0.05, 0) is 25.6 Å². The molecule has 2 N–H and O–H groups in total. The number of aromatic nitrogens is 1. The Labute approximate surface area is 68.0 Å². The molecular formula is C9H16N2. The van der Waals surface area contributed by atoms with Gasteiger partial charge in [-0.2, -0.15) is 0 Å². The van der Waals surface area contributed by atoms with Crippen molar-refractivity contribution in [1.82, 2.24) is 10.3 Å². The molecule has 62 valence electrons. The Bertz CT molecular complexity index is 179.